The van der Waals surface area contributed by atoms with E-state index in [0.29, 0.717) is 29.2 Å². The molecule has 2 aromatic rings. The van der Waals surface area contributed by atoms with Crippen LogP contribution in [-0.2, 0) is 9.53 Å². The summed E-state index contributed by atoms with van der Waals surface area (Å²) in [6.45, 7) is 4.20. The SMILES string of the molecule is COCCCN1C(=O)C(O)=C(C(=O)c2sc(C)nc2C)C1c1ccc(OC)c(O)c1. The Morgan fingerprint density at radius 3 is 2.57 bits per heavy atom. The zero-order valence-electron chi connectivity index (χ0n) is 17.3. The molecule has 2 N–H and O–H groups in total. The van der Waals surface area contributed by atoms with Crippen LogP contribution in [0, 0.1) is 13.8 Å². The number of aromatic nitrogens is 1. The van der Waals surface area contributed by atoms with Gasteiger partial charge in [-0.25, -0.2) is 4.98 Å². The van der Waals surface area contributed by atoms with Crippen LogP contribution in [0.2, 0.25) is 0 Å². The van der Waals surface area contributed by atoms with Crippen molar-refractivity contribution < 1.29 is 29.3 Å². The number of aliphatic hydroxyl groups is 1. The van der Waals surface area contributed by atoms with Crippen molar-refractivity contribution in [2.75, 3.05) is 27.4 Å². The third kappa shape index (κ3) is 3.90. The number of methoxy groups -OCH3 is 2. The van der Waals surface area contributed by atoms with E-state index in [1.807, 2.05) is 0 Å². The number of carbonyl (C=O) groups is 2. The van der Waals surface area contributed by atoms with Gasteiger partial charge >= 0.3 is 0 Å². The van der Waals surface area contributed by atoms with Crippen molar-refractivity contribution in [1.29, 1.82) is 0 Å². The van der Waals surface area contributed by atoms with Gasteiger partial charge in [-0.05, 0) is 38.0 Å². The first kappa shape index (κ1) is 21.8. The zero-order valence-corrected chi connectivity index (χ0v) is 18.1. The molecule has 1 aromatic heterocycles. The number of amides is 1. The number of thiazole rings is 1. The molecule has 1 aliphatic heterocycles. The summed E-state index contributed by atoms with van der Waals surface area (Å²) in [4.78, 5) is 32.3. The Balaban J connectivity index is 2.09. The van der Waals surface area contributed by atoms with Gasteiger partial charge in [0.15, 0.2) is 17.3 Å². The molecule has 2 heterocycles. The molecule has 0 saturated carbocycles. The molecule has 1 aromatic carbocycles. The smallest absolute Gasteiger partial charge is 0.290 e. The highest BCUT2D eigenvalue weighted by Crippen LogP contribution is 2.42. The van der Waals surface area contributed by atoms with Crippen molar-refractivity contribution in [2.24, 2.45) is 0 Å². The lowest BCUT2D eigenvalue weighted by Gasteiger charge is -2.27. The van der Waals surface area contributed by atoms with Crippen LogP contribution >= 0.6 is 11.3 Å². The van der Waals surface area contributed by atoms with Crippen LogP contribution in [0.4, 0.5) is 0 Å². The third-order valence-electron chi connectivity index (χ3n) is 4.92. The van der Waals surface area contributed by atoms with E-state index in [4.69, 9.17) is 9.47 Å². The average molecular weight is 432 g/mol. The number of phenols is 1. The summed E-state index contributed by atoms with van der Waals surface area (Å²) in [6, 6.07) is 3.82. The first-order chi connectivity index (χ1) is 14.3. The van der Waals surface area contributed by atoms with E-state index in [0.717, 1.165) is 5.01 Å². The molecular formula is C21H24N2O6S. The van der Waals surface area contributed by atoms with Crippen LogP contribution in [0.3, 0.4) is 0 Å². The van der Waals surface area contributed by atoms with E-state index in [2.05, 4.69) is 4.98 Å². The number of benzene rings is 1. The number of aromatic hydroxyl groups is 1. The summed E-state index contributed by atoms with van der Waals surface area (Å²) >= 11 is 1.22. The standard InChI is InChI=1S/C21H24N2O6S/c1-11-20(30-12(2)22-11)18(25)16-17(13-6-7-15(29-4)14(24)10-13)23(8-5-9-28-3)21(27)19(16)26/h6-7,10,17,24,26H,5,8-9H2,1-4H3. The van der Waals surface area contributed by atoms with Gasteiger partial charge in [0.25, 0.3) is 5.91 Å². The fourth-order valence-electron chi connectivity index (χ4n) is 3.58. The maximum Gasteiger partial charge on any atom is 0.290 e. The third-order valence-corrected chi connectivity index (χ3v) is 6.00. The minimum atomic E-state index is -0.847. The van der Waals surface area contributed by atoms with Gasteiger partial charge in [-0.3, -0.25) is 9.59 Å². The average Bonchev–Trinajstić information content (AvgIpc) is 3.18. The van der Waals surface area contributed by atoms with Gasteiger partial charge in [0.2, 0.25) is 5.78 Å². The highest BCUT2D eigenvalue weighted by molar-refractivity contribution is 7.14. The maximum atomic E-state index is 13.4. The molecule has 9 heteroatoms. The summed E-state index contributed by atoms with van der Waals surface area (Å²) in [7, 11) is 2.99. The predicted octanol–water partition coefficient (Wildman–Crippen LogP) is 3.09. The number of hydrogen-bond donors (Lipinski definition) is 2. The van der Waals surface area contributed by atoms with Gasteiger partial charge in [-0.15, -0.1) is 11.3 Å². The molecular weight excluding hydrogens is 408 g/mol. The Bertz CT molecular complexity index is 1010. The molecule has 160 valence electrons. The highest BCUT2D eigenvalue weighted by Gasteiger charge is 2.44. The molecule has 30 heavy (non-hydrogen) atoms. The number of ether oxygens (including phenoxy) is 2. The second kappa shape index (κ2) is 8.85. The summed E-state index contributed by atoms with van der Waals surface area (Å²) in [5, 5.41) is 21.6. The summed E-state index contributed by atoms with van der Waals surface area (Å²) in [6.07, 6.45) is 0.522. The number of ketones is 1. The fourth-order valence-corrected chi connectivity index (χ4v) is 4.46. The quantitative estimate of drug-likeness (QED) is 0.487. The van der Waals surface area contributed by atoms with E-state index in [9.17, 15) is 19.8 Å². The second-order valence-electron chi connectivity index (χ2n) is 6.92. The van der Waals surface area contributed by atoms with Crippen LogP contribution in [0.1, 0.15) is 38.4 Å². The normalized spacial score (nSPS) is 16.5. The molecule has 0 bridgehead atoms. The first-order valence-corrected chi connectivity index (χ1v) is 10.2. The lowest BCUT2D eigenvalue weighted by atomic mass is 9.94. The summed E-state index contributed by atoms with van der Waals surface area (Å²) in [5.74, 6) is -1.51. The minimum absolute atomic E-state index is 0.0197. The largest absolute Gasteiger partial charge is 0.504 e. The minimum Gasteiger partial charge on any atom is -0.504 e. The lowest BCUT2D eigenvalue weighted by molar-refractivity contribution is -0.129. The van der Waals surface area contributed by atoms with E-state index >= 15 is 0 Å². The fraction of sp³-hybridized carbons (Fsp3) is 0.381. The highest BCUT2D eigenvalue weighted by atomic mass is 32.1. The molecule has 3 rings (SSSR count). The number of nitrogens with zero attached hydrogens (tertiary/aromatic N) is 2. The predicted molar refractivity (Wildman–Crippen MR) is 111 cm³/mol. The van der Waals surface area contributed by atoms with Gasteiger partial charge in [0.05, 0.1) is 34.3 Å². The molecule has 0 saturated heterocycles. The molecule has 0 radical (unpaired) electrons. The van der Waals surface area contributed by atoms with Crippen LogP contribution < -0.4 is 4.74 Å². The maximum absolute atomic E-state index is 13.4. The number of phenolic OH excluding ortho intramolecular Hbond substituents is 1. The van der Waals surface area contributed by atoms with Gasteiger partial charge in [-0.2, -0.15) is 0 Å². The van der Waals surface area contributed by atoms with E-state index < -0.39 is 23.5 Å². The van der Waals surface area contributed by atoms with Gasteiger partial charge in [0, 0.05) is 20.3 Å². The Hall–Kier alpha value is -2.91. The number of rotatable bonds is 8. The van der Waals surface area contributed by atoms with Crippen LogP contribution in [0.5, 0.6) is 11.5 Å². The zero-order chi connectivity index (χ0) is 22.0. The van der Waals surface area contributed by atoms with Crippen LogP contribution in [0.15, 0.2) is 29.5 Å². The van der Waals surface area contributed by atoms with E-state index in [-0.39, 0.29) is 23.6 Å². The number of Topliss-reactive ketones (excluding diaryl/α,β-unsaturated/α-hetero) is 1. The van der Waals surface area contributed by atoms with Crippen LogP contribution in [0.25, 0.3) is 0 Å². The summed E-state index contributed by atoms with van der Waals surface area (Å²) < 4.78 is 10.2. The molecule has 0 fully saturated rings. The number of aryl methyl sites for hydroxylation is 2. The Kier molecular flexibility index (Phi) is 6.42. The monoisotopic (exact) mass is 432 g/mol. The Labute approximate surface area is 178 Å². The van der Waals surface area contributed by atoms with Crippen molar-refractivity contribution in [2.45, 2.75) is 26.3 Å². The van der Waals surface area contributed by atoms with Gasteiger partial charge < -0.3 is 24.6 Å². The Morgan fingerprint density at radius 1 is 1.27 bits per heavy atom. The topological polar surface area (TPSA) is 109 Å². The van der Waals surface area contributed by atoms with Crippen molar-refractivity contribution in [3.63, 3.8) is 0 Å². The van der Waals surface area contributed by atoms with Crippen molar-refractivity contribution in [3.05, 3.63) is 50.7 Å². The molecule has 1 aliphatic rings. The van der Waals surface area contributed by atoms with Gasteiger partial charge in [0.1, 0.15) is 0 Å². The first-order valence-electron chi connectivity index (χ1n) is 9.38. The Morgan fingerprint density at radius 2 is 2.00 bits per heavy atom. The van der Waals surface area contributed by atoms with Crippen molar-refractivity contribution >= 4 is 23.0 Å². The number of hydrogen-bond acceptors (Lipinski definition) is 8. The molecule has 1 unspecified atom stereocenters. The number of aliphatic hydroxyl groups excluding tert-OH is 1. The van der Waals surface area contributed by atoms with Crippen molar-refractivity contribution in [3.8, 4) is 11.5 Å². The van der Waals surface area contributed by atoms with Gasteiger partial charge in [-0.1, -0.05) is 6.07 Å². The molecule has 0 spiro atoms. The molecule has 0 aliphatic carbocycles. The van der Waals surface area contributed by atoms with E-state index in [1.54, 1.807) is 33.1 Å². The van der Waals surface area contributed by atoms with Crippen LogP contribution in [-0.4, -0.2) is 59.2 Å². The second-order valence-corrected chi connectivity index (χ2v) is 8.12. The lowest BCUT2D eigenvalue weighted by Crippen LogP contribution is -2.32. The number of carbonyl (C=O) groups excluding carboxylic acids is 2. The molecule has 8 nitrogen and oxygen atoms in total. The van der Waals surface area contributed by atoms with E-state index in [1.165, 1.54) is 29.4 Å². The van der Waals surface area contributed by atoms with Crippen molar-refractivity contribution in [1.82, 2.24) is 9.88 Å². The molecule has 1 atom stereocenters. The summed E-state index contributed by atoms with van der Waals surface area (Å²) in [5.41, 5.74) is 1.02. The molecule has 1 amide bonds.